The number of para-hydroxylation sites is 4. The van der Waals surface area contributed by atoms with Crippen molar-refractivity contribution in [1.29, 1.82) is 0 Å². The van der Waals surface area contributed by atoms with Gasteiger partial charge < -0.3 is 4.42 Å². The van der Waals surface area contributed by atoms with Crippen molar-refractivity contribution in [3.05, 3.63) is 119 Å². The second-order valence-corrected chi connectivity index (χ2v) is 15.6. The Balaban J connectivity index is 1.36. The summed E-state index contributed by atoms with van der Waals surface area (Å²) in [5.74, 6) is 1.62. The van der Waals surface area contributed by atoms with Gasteiger partial charge in [0.2, 0.25) is 0 Å². The maximum absolute atomic E-state index is 6.94. The van der Waals surface area contributed by atoms with Crippen molar-refractivity contribution in [1.82, 2.24) is 9.55 Å². The van der Waals surface area contributed by atoms with E-state index in [1.807, 2.05) is 0 Å². The number of imidazole rings is 1. The number of aromatic nitrogens is 2. The fraction of sp³-hybridized carbons (Fsp3) is 0.267. The molecule has 2 heterocycles. The number of hydrogen-bond donors (Lipinski definition) is 0. The Bertz CT molecular complexity index is 2600. The average molecular weight is 627 g/mol. The zero-order chi connectivity index (χ0) is 33.3. The molecule has 0 unspecified atom stereocenters. The van der Waals surface area contributed by atoms with Crippen molar-refractivity contribution >= 4 is 54.5 Å². The molecular weight excluding hydrogens is 585 g/mol. The first-order valence-electron chi connectivity index (χ1n) is 17.5. The van der Waals surface area contributed by atoms with E-state index in [0.717, 1.165) is 44.4 Å². The molecule has 0 N–H and O–H groups in total. The molecule has 9 rings (SSSR count). The Kier molecular flexibility index (Phi) is 5.99. The first-order chi connectivity index (χ1) is 23.0. The third-order valence-electron chi connectivity index (χ3n) is 11.9. The molecule has 0 bridgehead atoms. The van der Waals surface area contributed by atoms with Gasteiger partial charge in [-0.2, -0.15) is 0 Å². The summed E-state index contributed by atoms with van der Waals surface area (Å²) in [5.41, 5.74) is 11.7. The van der Waals surface area contributed by atoms with Gasteiger partial charge in [0.1, 0.15) is 17.0 Å². The maximum Gasteiger partial charge on any atom is 0.149 e. The van der Waals surface area contributed by atoms with Gasteiger partial charge in [-0.25, -0.2) is 4.98 Å². The summed E-state index contributed by atoms with van der Waals surface area (Å²) in [5, 5.41) is 7.50. The van der Waals surface area contributed by atoms with E-state index in [-0.39, 0.29) is 10.8 Å². The fourth-order valence-electron chi connectivity index (χ4n) is 8.57. The van der Waals surface area contributed by atoms with Crippen molar-refractivity contribution in [2.24, 2.45) is 0 Å². The topological polar surface area (TPSA) is 31.0 Å². The predicted molar refractivity (Wildman–Crippen MR) is 203 cm³/mol. The van der Waals surface area contributed by atoms with Crippen molar-refractivity contribution in [2.75, 3.05) is 0 Å². The van der Waals surface area contributed by atoms with Gasteiger partial charge >= 0.3 is 0 Å². The van der Waals surface area contributed by atoms with Crippen molar-refractivity contribution in [3.8, 4) is 17.1 Å². The lowest BCUT2D eigenvalue weighted by molar-refractivity contribution is 0.322. The molecule has 0 saturated carbocycles. The van der Waals surface area contributed by atoms with Gasteiger partial charge in [0.25, 0.3) is 0 Å². The molecule has 0 saturated heterocycles. The molecule has 3 heteroatoms. The first kappa shape index (κ1) is 29.3. The zero-order valence-electron chi connectivity index (χ0n) is 29.2. The molecule has 0 aliphatic heterocycles. The summed E-state index contributed by atoms with van der Waals surface area (Å²) in [6, 6.07) is 35.8. The van der Waals surface area contributed by atoms with E-state index >= 15 is 0 Å². The standard InChI is InChI=1S/C45H42N2O/c1-25(2)28-14-11-15-29(26(3)4)41(28)47-38-21-10-9-20-37(38)46-43(47)32-18-12-17-31-34-22-27-23-36-40-30(33(27)24-39(34)48-42(31)32)16-13-19-35(40)44(5,6)45(36,7)8/h9-26H,1-8H3. The van der Waals surface area contributed by atoms with Gasteiger partial charge in [0.15, 0.2) is 0 Å². The van der Waals surface area contributed by atoms with Crippen molar-refractivity contribution < 1.29 is 4.42 Å². The second kappa shape index (κ2) is 9.82. The Morgan fingerprint density at radius 3 is 2.04 bits per heavy atom. The van der Waals surface area contributed by atoms with Crippen LogP contribution in [0.4, 0.5) is 0 Å². The molecule has 8 aromatic rings. The maximum atomic E-state index is 6.94. The Morgan fingerprint density at radius 1 is 0.625 bits per heavy atom. The van der Waals surface area contributed by atoms with Crippen LogP contribution in [0.2, 0.25) is 0 Å². The largest absolute Gasteiger partial charge is 0.455 e. The van der Waals surface area contributed by atoms with E-state index in [0.29, 0.717) is 11.8 Å². The Morgan fingerprint density at radius 2 is 1.29 bits per heavy atom. The van der Waals surface area contributed by atoms with E-state index < -0.39 is 0 Å². The monoisotopic (exact) mass is 626 g/mol. The minimum atomic E-state index is 0.0178. The lowest BCUT2D eigenvalue weighted by atomic mass is 9.66. The third-order valence-corrected chi connectivity index (χ3v) is 11.9. The quantitative estimate of drug-likeness (QED) is 0.182. The molecule has 0 atom stereocenters. The molecule has 0 amide bonds. The van der Waals surface area contributed by atoms with Gasteiger partial charge in [0.05, 0.1) is 22.3 Å². The SMILES string of the molecule is CC(C)c1cccc(C(C)C)c1-n1c(-c2cccc3c2oc2cc4c(cc5c6c(cccc64)C(C)(C)C5(C)C)cc23)nc2ccccc21. The summed E-state index contributed by atoms with van der Waals surface area (Å²) < 4.78 is 9.34. The highest BCUT2D eigenvalue weighted by molar-refractivity contribution is 6.19. The summed E-state index contributed by atoms with van der Waals surface area (Å²) in [6.07, 6.45) is 0. The molecule has 48 heavy (non-hydrogen) atoms. The highest BCUT2D eigenvalue weighted by Gasteiger charge is 2.47. The van der Waals surface area contributed by atoms with E-state index in [9.17, 15) is 0 Å². The Labute approximate surface area is 282 Å². The molecule has 238 valence electrons. The van der Waals surface area contributed by atoms with Crippen LogP contribution in [0.15, 0.2) is 101 Å². The molecule has 3 nitrogen and oxygen atoms in total. The summed E-state index contributed by atoms with van der Waals surface area (Å²) in [6.45, 7) is 18.7. The molecule has 0 radical (unpaired) electrons. The number of rotatable bonds is 4. The van der Waals surface area contributed by atoms with Crippen molar-refractivity contribution in [2.45, 2.75) is 78.1 Å². The lowest BCUT2D eigenvalue weighted by Gasteiger charge is -2.37. The summed E-state index contributed by atoms with van der Waals surface area (Å²) >= 11 is 0. The summed E-state index contributed by atoms with van der Waals surface area (Å²) in [7, 11) is 0. The first-order valence-corrected chi connectivity index (χ1v) is 17.5. The van der Waals surface area contributed by atoms with Crippen LogP contribution >= 0.6 is 0 Å². The van der Waals surface area contributed by atoms with Gasteiger partial charge in [0, 0.05) is 10.8 Å². The highest BCUT2D eigenvalue weighted by Crippen LogP contribution is 2.56. The smallest absolute Gasteiger partial charge is 0.149 e. The number of hydrogen-bond acceptors (Lipinski definition) is 2. The number of nitrogens with zero attached hydrogens (tertiary/aromatic N) is 2. The van der Waals surface area contributed by atoms with E-state index in [2.05, 4.69) is 157 Å². The van der Waals surface area contributed by atoms with Crippen LogP contribution < -0.4 is 0 Å². The van der Waals surface area contributed by atoms with Crippen LogP contribution in [0.3, 0.4) is 0 Å². The molecular formula is C45H42N2O. The molecule has 0 fully saturated rings. The summed E-state index contributed by atoms with van der Waals surface area (Å²) in [4.78, 5) is 5.34. The fourth-order valence-corrected chi connectivity index (χ4v) is 8.57. The molecule has 2 aromatic heterocycles. The number of fused-ring (bicyclic) bond motifs is 6. The van der Waals surface area contributed by atoms with Crippen LogP contribution in [-0.4, -0.2) is 9.55 Å². The minimum absolute atomic E-state index is 0.0178. The predicted octanol–water partition coefficient (Wildman–Crippen LogP) is 12.7. The van der Waals surface area contributed by atoms with Gasteiger partial charge in [-0.1, -0.05) is 116 Å². The van der Waals surface area contributed by atoms with Crippen LogP contribution in [0.5, 0.6) is 0 Å². The van der Waals surface area contributed by atoms with Crippen LogP contribution in [-0.2, 0) is 10.8 Å². The normalized spacial score (nSPS) is 15.4. The van der Waals surface area contributed by atoms with Crippen LogP contribution in [0, 0.1) is 0 Å². The van der Waals surface area contributed by atoms with Crippen LogP contribution in [0.25, 0.3) is 71.6 Å². The Hall–Kier alpha value is -4.89. The van der Waals surface area contributed by atoms with E-state index in [4.69, 9.17) is 9.40 Å². The average Bonchev–Trinajstić information content (AvgIpc) is 3.68. The molecule has 6 aromatic carbocycles. The van der Waals surface area contributed by atoms with Gasteiger partial charge in [-0.05, 0) is 103 Å². The van der Waals surface area contributed by atoms with Crippen LogP contribution in [0.1, 0.15) is 89.5 Å². The zero-order valence-corrected chi connectivity index (χ0v) is 29.2. The molecule has 1 aliphatic rings. The highest BCUT2D eigenvalue weighted by atomic mass is 16.3. The molecule has 0 spiro atoms. The van der Waals surface area contributed by atoms with Gasteiger partial charge in [-0.15, -0.1) is 0 Å². The minimum Gasteiger partial charge on any atom is -0.455 e. The number of furan rings is 1. The molecule has 1 aliphatic carbocycles. The lowest BCUT2D eigenvalue weighted by Crippen LogP contribution is -2.35. The van der Waals surface area contributed by atoms with E-state index in [1.165, 1.54) is 49.5 Å². The number of benzene rings is 6. The third kappa shape index (κ3) is 3.73. The van der Waals surface area contributed by atoms with Crippen molar-refractivity contribution in [3.63, 3.8) is 0 Å². The van der Waals surface area contributed by atoms with E-state index in [1.54, 1.807) is 0 Å². The van der Waals surface area contributed by atoms with Gasteiger partial charge in [-0.3, -0.25) is 4.57 Å². The second-order valence-electron chi connectivity index (χ2n) is 15.6.